The van der Waals surface area contributed by atoms with Crippen LogP contribution in [0.15, 0.2) is 33.5 Å². The number of hydrogen-bond acceptors (Lipinski definition) is 4. The summed E-state index contributed by atoms with van der Waals surface area (Å²) in [6.45, 7) is 5.14. The third-order valence-electron chi connectivity index (χ3n) is 4.06. The number of nitrogens with one attached hydrogen (secondary N) is 1. The van der Waals surface area contributed by atoms with Crippen LogP contribution >= 0.6 is 15.9 Å². The van der Waals surface area contributed by atoms with Crippen LogP contribution < -0.4 is 10.9 Å². The number of hydrogen-bond donors (Lipinski definition) is 1. The third kappa shape index (κ3) is 4.34. The highest BCUT2D eigenvalue weighted by Gasteiger charge is 2.16. The maximum absolute atomic E-state index is 12.4. The normalized spacial score (nSPS) is 11.6. The van der Waals surface area contributed by atoms with Crippen LogP contribution in [0.1, 0.15) is 41.8 Å². The van der Waals surface area contributed by atoms with Gasteiger partial charge in [0.2, 0.25) is 5.91 Å². The van der Waals surface area contributed by atoms with Crippen LogP contribution in [0, 0.1) is 25.2 Å². The molecule has 1 aromatic carbocycles. The van der Waals surface area contributed by atoms with Crippen LogP contribution in [-0.2, 0) is 11.3 Å². The summed E-state index contributed by atoms with van der Waals surface area (Å²) in [4.78, 5) is 24.6. The highest BCUT2D eigenvalue weighted by molar-refractivity contribution is 9.10. The summed E-state index contributed by atoms with van der Waals surface area (Å²) in [5.74, 6) is -0.323. The predicted octanol–water partition coefficient (Wildman–Crippen LogP) is 2.76. The second kappa shape index (κ2) is 8.08. The Bertz CT molecular complexity index is 882. The summed E-state index contributed by atoms with van der Waals surface area (Å²) < 4.78 is 2.01. The van der Waals surface area contributed by atoms with Crippen molar-refractivity contribution < 1.29 is 4.79 Å². The number of rotatable bonds is 5. The lowest BCUT2D eigenvalue weighted by Gasteiger charge is -2.18. The van der Waals surface area contributed by atoms with Gasteiger partial charge in [-0.15, -0.1) is 0 Å². The average molecular weight is 403 g/mol. The summed E-state index contributed by atoms with van der Waals surface area (Å²) in [7, 11) is 0. The number of nitrogens with zero attached hydrogens (tertiary/aromatic N) is 3. The van der Waals surface area contributed by atoms with Gasteiger partial charge in [0.05, 0.1) is 11.7 Å². The number of aryl methyl sites for hydroxylation is 1. The molecule has 130 valence electrons. The van der Waals surface area contributed by atoms with Crippen molar-refractivity contribution in [3.63, 3.8) is 0 Å². The Morgan fingerprint density at radius 3 is 2.56 bits per heavy atom. The molecule has 1 heterocycles. The fraction of sp³-hybridized carbons (Fsp3) is 0.333. The smallest absolute Gasteiger partial charge is 0.285 e. The van der Waals surface area contributed by atoms with E-state index < -0.39 is 5.56 Å². The van der Waals surface area contributed by atoms with Gasteiger partial charge < -0.3 is 5.32 Å². The molecule has 1 atom stereocenters. The molecule has 0 radical (unpaired) electrons. The minimum atomic E-state index is -0.544. The molecular weight excluding hydrogens is 384 g/mol. The molecule has 0 aliphatic carbocycles. The Kier molecular flexibility index (Phi) is 6.10. The summed E-state index contributed by atoms with van der Waals surface area (Å²) in [5, 5.41) is 16.2. The predicted molar refractivity (Wildman–Crippen MR) is 98.0 cm³/mol. The van der Waals surface area contributed by atoms with Crippen molar-refractivity contribution in [3.8, 4) is 6.07 Å². The maximum Gasteiger partial charge on any atom is 0.285 e. The second-order valence-corrected chi connectivity index (χ2v) is 6.66. The van der Waals surface area contributed by atoms with Crippen LogP contribution in [-0.4, -0.2) is 15.7 Å². The number of halogens is 1. The minimum Gasteiger partial charge on any atom is -0.348 e. The van der Waals surface area contributed by atoms with Crippen LogP contribution in [0.25, 0.3) is 0 Å². The molecule has 0 fully saturated rings. The van der Waals surface area contributed by atoms with E-state index in [4.69, 9.17) is 5.26 Å². The van der Waals surface area contributed by atoms with Crippen molar-refractivity contribution in [2.45, 2.75) is 39.8 Å². The van der Waals surface area contributed by atoms with Crippen molar-refractivity contribution in [3.05, 3.63) is 61.5 Å². The van der Waals surface area contributed by atoms with Gasteiger partial charge in [0, 0.05) is 4.47 Å². The molecule has 0 saturated carbocycles. The fourth-order valence-corrected chi connectivity index (χ4v) is 2.77. The summed E-state index contributed by atoms with van der Waals surface area (Å²) in [6, 6.07) is 9.44. The topological polar surface area (TPSA) is 87.8 Å². The Labute approximate surface area is 154 Å². The maximum atomic E-state index is 12.4. The number of aromatic nitrogens is 2. The van der Waals surface area contributed by atoms with Crippen molar-refractivity contribution >= 4 is 21.8 Å². The van der Waals surface area contributed by atoms with Gasteiger partial charge in [-0.3, -0.25) is 9.59 Å². The van der Waals surface area contributed by atoms with Gasteiger partial charge in [-0.25, -0.2) is 4.68 Å². The minimum absolute atomic E-state index is 0.0280. The molecular formula is C18H19BrN4O2. The van der Waals surface area contributed by atoms with E-state index in [9.17, 15) is 9.59 Å². The first-order valence-corrected chi connectivity index (χ1v) is 8.69. The van der Waals surface area contributed by atoms with Gasteiger partial charge in [0.15, 0.2) is 0 Å². The largest absolute Gasteiger partial charge is 0.348 e. The van der Waals surface area contributed by atoms with E-state index in [1.807, 2.05) is 37.3 Å². The molecule has 6 nitrogen and oxygen atoms in total. The highest BCUT2D eigenvalue weighted by Crippen LogP contribution is 2.19. The SMILES string of the molecule is CC[C@H](NC(=O)Cn1nc(C)c(C)c(C#N)c1=O)c1ccc(Br)cc1. The Morgan fingerprint density at radius 2 is 2.00 bits per heavy atom. The molecule has 0 aliphatic heterocycles. The van der Waals surface area contributed by atoms with Crippen molar-refractivity contribution in [1.82, 2.24) is 15.1 Å². The Balaban J connectivity index is 2.20. The fourth-order valence-electron chi connectivity index (χ4n) is 2.50. The molecule has 0 aliphatic rings. The quantitative estimate of drug-likeness (QED) is 0.832. The molecule has 0 spiro atoms. The average Bonchev–Trinajstić information content (AvgIpc) is 2.59. The summed E-state index contributed by atoms with van der Waals surface area (Å²) in [6.07, 6.45) is 0.714. The molecule has 2 rings (SSSR count). The lowest BCUT2D eigenvalue weighted by molar-refractivity contribution is -0.122. The van der Waals surface area contributed by atoms with E-state index in [0.717, 1.165) is 14.7 Å². The van der Waals surface area contributed by atoms with Crippen molar-refractivity contribution in [2.75, 3.05) is 0 Å². The molecule has 0 bridgehead atoms. The number of amides is 1. The van der Waals surface area contributed by atoms with E-state index in [1.165, 1.54) is 0 Å². The monoisotopic (exact) mass is 402 g/mol. The third-order valence-corrected chi connectivity index (χ3v) is 4.59. The number of nitriles is 1. The number of benzene rings is 1. The van der Waals surface area contributed by atoms with E-state index >= 15 is 0 Å². The van der Waals surface area contributed by atoms with Crippen LogP contribution in [0.3, 0.4) is 0 Å². The summed E-state index contributed by atoms with van der Waals surface area (Å²) in [5.41, 5.74) is 1.57. The van der Waals surface area contributed by atoms with Gasteiger partial charge in [0.1, 0.15) is 18.2 Å². The van der Waals surface area contributed by atoms with Crippen LogP contribution in [0.5, 0.6) is 0 Å². The second-order valence-electron chi connectivity index (χ2n) is 5.74. The first kappa shape index (κ1) is 18.9. The first-order valence-electron chi connectivity index (χ1n) is 7.90. The van der Waals surface area contributed by atoms with Gasteiger partial charge in [-0.2, -0.15) is 10.4 Å². The Morgan fingerprint density at radius 1 is 1.36 bits per heavy atom. The molecule has 0 saturated heterocycles. The van der Waals surface area contributed by atoms with Gasteiger partial charge in [-0.1, -0.05) is 35.0 Å². The number of carbonyl (C=O) groups is 1. The van der Waals surface area contributed by atoms with Gasteiger partial charge in [-0.05, 0) is 43.5 Å². The van der Waals surface area contributed by atoms with Crippen molar-refractivity contribution in [1.29, 1.82) is 5.26 Å². The molecule has 1 aromatic heterocycles. The molecule has 25 heavy (non-hydrogen) atoms. The molecule has 0 unspecified atom stereocenters. The van der Waals surface area contributed by atoms with Crippen LogP contribution in [0.2, 0.25) is 0 Å². The van der Waals surface area contributed by atoms with E-state index in [2.05, 4.69) is 26.3 Å². The first-order chi connectivity index (χ1) is 11.9. The van der Waals surface area contributed by atoms with E-state index in [1.54, 1.807) is 13.8 Å². The van der Waals surface area contributed by atoms with E-state index in [0.29, 0.717) is 17.7 Å². The molecule has 2 aromatic rings. The number of carbonyl (C=O) groups excluding carboxylic acids is 1. The lowest BCUT2D eigenvalue weighted by atomic mass is 10.0. The van der Waals surface area contributed by atoms with E-state index in [-0.39, 0.29) is 24.1 Å². The van der Waals surface area contributed by atoms with Gasteiger partial charge >= 0.3 is 0 Å². The summed E-state index contributed by atoms with van der Waals surface area (Å²) >= 11 is 3.39. The molecule has 1 amide bonds. The zero-order chi connectivity index (χ0) is 18.6. The van der Waals surface area contributed by atoms with Crippen molar-refractivity contribution in [2.24, 2.45) is 0 Å². The molecule has 1 N–H and O–H groups in total. The van der Waals surface area contributed by atoms with Crippen LogP contribution in [0.4, 0.5) is 0 Å². The Hall–Kier alpha value is -2.46. The molecule has 7 heteroatoms. The highest BCUT2D eigenvalue weighted by atomic mass is 79.9. The van der Waals surface area contributed by atoms with Gasteiger partial charge in [0.25, 0.3) is 5.56 Å². The zero-order valence-corrected chi connectivity index (χ0v) is 15.9. The zero-order valence-electron chi connectivity index (χ0n) is 14.3. The standard InChI is InChI=1S/C18H19BrN4O2/c1-4-16(13-5-7-14(19)8-6-13)21-17(24)10-23-18(25)15(9-20)11(2)12(3)22-23/h5-8,16H,4,10H2,1-3H3,(H,21,24)/t16-/m0/s1. The lowest BCUT2D eigenvalue weighted by Crippen LogP contribution is -2.37.